The average molecular weight is 468 g/mol. The molecular formula is C24H26ClN5O3. The van der Waals surface area contributed by atoms with Gasteiger partial charge in [0, 0.05) is 48.2 Å². The number of rotatable bonds is 8. The second-order valence-corrected chi connectivity index (χ2v) is 8.49. The van der Waals surface area contributed by atoms with Crippen LogP contribution in [0, 0.1) is 0 Å². The maximum Gasteiger partial charge on any atom is 0.238 e. The lowest BCUT2D eigenvalue weighted by Gasteiger charge is -2.31. The largest absolute Gasteiger partial charge is 0.353 e. The van der Waals surface area contributed by atoms with Crippen molar-refractivity contribution < 1.29 is 14.1 Å². The number of anilines is 1. The number of nitrogens with one attached hydrogen (secondary N) is 2. The summed E-state index contributed by atoms with van der Waals surface area (Å²) in [5.74, 6) is 0.836. The molecule has 3 aromatic rings. The molecule has 2 heterocycles. The Morgan fingerprint density at radius 1 is 1.03 bits per heavy atom. The number of carbonyl (C=O) groups excluding carboxylic acids is 2. The highest BCUT2D eigenvalue weighted by molar-refractivity contribution is 6.30. The van der Waals surface area contributed by atoms with Crippen molar-refractivity contribution in [1.29, 1.82) is 0 Å². The summed E-state index contributed by atoms with van der Waals surface area (Å²) < 4.78 is 5.26. The molecule has 0 atom stereocenters. The zero-order valence-electron chi connectivity index (χ0n) is 18.2. The summed E-state index contributed by atoms with van der Waals surface area (Å²) in [6, 6.07) is 16.7. The lowest BCUT2D eigenvalue weighted by molar-refractivity contribution is -0.122. The third kappa shape index (κ3) is 6.87. The molecule has 8 nitrogen and oxygen atoms in total. The number of carbonyl (C=O) groups is 2. The number of para-hydroxylation sites is 1. The van der Waals surface area contributed by atoms with Crippen LogP contribution >= 0.6 is 11.6 Å². The van der Waals surface area contributed by atoms with Gasteiger partial charge >= 0.3 is 0 Å². The minimum Gasteiger partial charge on any atom is -0.353 e. The third-order valence-corrected chi connectivity index (χ3v) is 5.77. The maximum absolute atomic E-state index is 12.4. The van der Waals surface area contributed by atoms with Crippen LogP contribution in [0.25, 0.3) is 11.4 Å². The number of amides is 2. The predicted molar refractivity (Wildman–Crippen MR) is 126 cm³/mol. The van der Waals surface area contributed by atoms with Gasteiger partial charge in [-0.25, -0.2) is 0 Å². The van der Waals surface area contributed by atoms with E-state index in [-0.39, 0.29) is 24.3 Å². The molecule has 172 valence electrons. The first kappa shape index (κ1) is 22.9. The van der Waals surface area contributed by atoms with Crippen LogP contribution in [0.1, 0.15) is 25.2 Å². The molecule has 1 saturated heterocycles. The second-order valence-electron chi connectivity index (χ2n) is 8.05. The number of likely N-dealkylation sites (tertiary alicyclic amines) is 1. The van der Waals surface area contributed by atoms with Crippen molar-refractivity contribution in [3.8, 4) is 11.4 Å². The highest BCUT2D eigenvalue weighted by atomic mass is 35.5. The van der Waals surface area contributed by atoms with Crippen molar-refractivity contribution in [1.82, 2.24) is 20.4 Å². The normalized spacial score (nSPS) is 14.7. The molecule has 0 aliphatic carbocycles. The Morgan fingerprint density at radius 2 is 1.76 bits per heavy atom. The molecule has 0 bridgehead atoms. The number of aromatic nitrogens is 2. The molecule has 0 radical (unpaired) electrons. The quantitative estimate of drug-likeness (QED) is 0.525. The number of hydrogen-bond donors (Lipinski definition) is 2. The lowest BCUT2D eigenvalue weighted by Crippen LogP contribution is -2.46. The van der Waals surface area contributed by atoms with Crippen molar-refractivity contribution in [2.75, 3.05) is 25.0 Å². The van der Waals surface area contributed by atoms with E-state index < -0.39 is 0 Å². The molecule has 0 saturated carbocycles. The van der Waals surface area contributed by atoms with Gasteiger partial charge in [0.15, 0.2) is 0 Å². The molecule has 33 heavy (non-hydrogen) atoms. The van der Waals surface area contributed by atoms with Crippen molar-refractivity contribution in [2.45, 2.75) is 31.7 Å². The molecule has 2 amide bonds. The number of halogens is 1. The Kier molecular flexibility index (Phi) is 7.70. The Balaban J connectivity index is 1.15. The molecule has 1 fully saturated rings. The van der Waals surface area contributed by atoms with Gasteiger partial charge in [0.2, 0.25) is 23.5 Å². The van der Waals surface area contributed by atoms with E-state index in [9.17, 15) is 9.59 Å². The summed E-state index contributed by atoms with van der Waals surface area (Å²) in [5, 5.41) is 10.6. The lowest BCUT2D eigenvalue weighted by atomic mass is 10.0. The van der Waals surface area contributed by atoms with E-state index in [1.807, 2.05) is 42.5 Å². The first-order valence-electron chi connectivity index (χ1n) is 11.0. The molecule has 9 heteroatoms. The molecule has 2 aromatic carbocycles. The van der Waals surface area contributed by atoms with Gasteiger partial charge in [-0.15, -0.1) is 0 Å². The minimum atomic E-state index is -0.0403. The van der Waals surface area contributed by atoms with E-state index in [0.29, 0.717) is 29.7 Å². The van der Waals surface area contributed by atoms with Crippen LogP contribution < -0.4 is 10.6 Å². The number of aryl methyl sites for hydroxylation is 1. The fourth-order valence-corrected chi connectivity index (χ4v) is 3.88. The van der Waals surface area contributed by atoms with Gasteiger partial charge in [0.1, 0.15) is 0 Å². The van der Waals surface area contributed by atoms with Crippen LogP contribution in [-0.2, 0) is 16.0 Å². The van der Waals surface area contributed by atoms with Crippen LogP contribution in [0.4, 0.5) is 5.69 Å². The van der Waals surface area contributed by atoms with Crippen molar-refractivity contribution >= 4 is 29.1 Å². The molecule has 0 spiro atoms. The average Bonchev–Trinajstić information content (AvgIpc) is 3.29. The van der Waals surface area contributed by atoms with Gasteiger partial charge in [-0.1, -0.05) is 35.0 Å². The SMILES string of the molecule is O=C(CN1CCC(NC(=O)CCc2nc(-c3ccc(Cl)cc3)no2)CC1)Nc1ccccc1. The minimum absolute atomic E-state index is 0.0267. The molecule has 1 aromatic heterocycles. The molecule has 1 aliphatic heterocycles. The van der Waals surface area contributed by atoms with Gasteiger partial charge in [-0.2, -0.15) is 4.98 Å². The maximum atomic E-state index is 12.4. The van der Waals surface area contributed by atoms with Crippen LogP contribution in [-0.4, -0.2) is 52.5 Å². The van der Waals surface area contributed by atoms with Gasteiger partial charge in [0.25, 0.3) is 0 Å². The summed E-state index contributed by atoms with van der Waals surface area (Å²) in [6.45, 7) is 1.88. The predicted octanol–water partition coefficient (Wildman–Crippen LogP) is 3.54. The molecule has 4 rings (SSSR count). The van der Waals surface area contributed by atoms with Gasteiger partial charge in [-0.05, 0) is 49.2 Å². The van der Waals surface area contributed by atoms with Crippen LogP contribution in [0.5, 0.6) is 0 Å². The van der Waals surface area contributed by atoms with Crippen LogP contribution in [0.3, 0.4) is 0 Å². The Hall–Kier alpha value is -3.23. The van der Waals surface area contributed by atoms with Crippen molar-refractivity contribution in [2.24, 2.45) is 0 Å². The highest BCUT2D eigenvalue weighted by Gasteiger charge is 2.22. The number of benzene rings is 2. The van der Waals surface area contributed by atoms with Crippen LogP contribution in [0.15, 0.2) is 59.1 Å². The first-order chi connectivity index (χ1) is 16.0. The van der Waals surface area contributed by atoms with E-state index in [4.69, 9.17) is 16.1 Å². The van der Waals surface area contributed by atoms with E-state index >= 15 is 0 Å². The van der Waals surface area contributed by atoms with Gasteiger partial charge in [0.05, 0.1) is 6.54 Å². The highest BCUT2D eigenvalue weighted by Crippen LogP contribution is 2.19. The first-order valence-corrected chi connectivity index (χ1v) is 11.4. The zero-order chi connectivity index (χ0) is 23.0. The number of nitrogens with zero attached hydrogens (tertiary/aromatic N) is 3. The molecule has 2 N–H and O–H groups in total. The van der Waals surface area contributed by atoms with Gasteiger partial charge in [-0.3, -0.25) is 14.5 Å². The van der Waals surface area contributed by atoms with E-state index in [1.165, 1.54) is 0 Å². The molecule has 0 unspecified atom stereocenters. The fraction of sp³-hybridized carbons (Fsp3) is 0.333. The van der Waals surface area contributed by atoms with E-state index in [2.05, 4.69) is 25.7 Å². The van der Waals surface area contributed by atoms with Crippen molar-refractivity contribution in [3.63, 3.8) is 0 Å². The summed E-state index contributed by atoms with van der Waals surface area (Å²) in [6.07, 6.45) is 2.28. The second kappa shape index (κ2) is 11.1. The Bertz CT molecular complexity index is 1060. The fourth-order valence-electron chi connectivity index (χ4n) is 3.75. The smallest absolute Gasteiger partial charge is 0.238 e. The Labute approximate surface area is 197 Å². The van der Waals surface area contributed by atoms with Crippen LogP contribution in [0.2, 0.25) is 5.02 Å². The summed E-state index contributed by atoms with van der Waals surface area (Å²) in [7, 11) is 0. The van der Waals surface area contributed by atoms with Crippen molar-refractivity contribution in [3.05, 3.63) is 65.5 Å². The number of hydrogen-bond acceptors (Lipinski definition) is 6. The summed E-state index contributed by atoms with van der Waals surface area (Å²) in [5.41, 5.74) is 1.61. The van der Waals surface area contributed by atoms with E-state index in [1.54, 1.807) is 12.1 Å². The topological polar surface area (TPSA) is 100 Å². The van der Waals surface area contributed by atoms with E-state index in [0.717, 1.165) is 37.2 Å². The zero-order valence-corrected chi connectivity index (χ0v) is 18.9. The van der Waals surface area contributed by atoms with Gasteiger partial charge < -0.3 is 15.2 Å². The summed E-state index contributed by atoms with van der Waals surface area (Å²) >= 11 is 5.90. The third-order valence-electron chi connectivity index (χ3n) is 5.51. The summed E-state index contributed by atoms with van der Waals surface area (Å²) in [4.78, 5) is 31.0. The Morgan fingerprint density at radius 3 is 2.48 bits per heavy atom. The monoisotopic (exact) mass is 467 g/mol. The standard InChI is InChI=1S/C24H26ClN5O3/c25-18-8-6-17(7-9-18)24-28-23(33-29-24)11-10-21(31)26-20-12-14-30(15-13-20)16-22(32)27-19-4-2-1-3-5-19/h1-9,20H,10-16H2,(H,26,31)(H,27,32). The molecule has 1 aliphatic rings. The molecular weight excluding hydrogens is 442 g/mol. The number of piperidine rings is 1.